The summed E-state index contributed by atoms with van der Waals surface area (Å²) in [5.41, 5.74) is 1.63. The van der Waals surface area contributed by atoms with Gasteiger partial charge in [-0.15, -0.1) is 0 Å². The van der Waals surface area contributed by atoms with Gasteiger partial charge >= 0.3 is 155 Å². The van der Waals surface area contributed by atoms with E-state index in [9.17, 15) is 18.0 Å². The van der Waals surface area contributed by atoms with Crippen LogP contribution in [0.3, 0.4) is 0 Å². The van der Waals surface area contributed by atoms with E-state index in [4.69, 9.17) is 14.8 Å². The van der Waals surface area contributed by atoms with Crippen molar-refractivity contribution in [2.75, 3.05) is 0 Å². The van der Waals surface area contributed by atoms with Crippen LogP contribution in [0.5, 0.6) is 0 Å². The van der Waals surface area contributed by atoms with Gasteiger partial charge in [0.1, 0.15) is 0 Å². The van der Waals surface area contributed by atoms with Crippen molar-refractivity contribution in [1.29, 1.82) is 0 Å². The third-order valence-electron chi connectivity index (χ3n) is 6.06. The van der Waals surface area contributed by atoms with E-state index in [-0.39, 0.29) is 0 Å². The summed E-state index contributed by atoms with van der Waals surface area (Å²) in [6.07, 6.45) is 20.5. The molecule has 0 spiro atoms. The van der Waals surface area contributed by atoms with Crippen LogP contribution in [0.2, 0.25) is 0 Å². The molecule has 0 fully saturated rings. The minimum Gasteiger partial charge on any atom is -0.481 e. The molecule has 0 heterocycles. The van der Waals surface area contributed by atoms with Crippen LogP contribution in [0.1, 0.15) is 109 Å². The summed E-state index contributed by atoms with van der Waals surface area (Å²) in [4.78, 5) is 20.0. The van der Waals surface area contributed by atoms with E-state index in [1.807, 2.05) is 0 Å². The average molecular weight is 539 g/mol. The second-order valence-electron chi connectivity index (χ2n) is 9.21. The smallest absolute Gasteiger partial charge is 0.325 e. The van der Waals surface area contributed by atoms with E-state index in [0.29, 0.717) is 0 Å². The fraction of sp³-hybridized carbons (Fsp3) is 0.692. The van der Waals surface area contributed by atoms with Crippen LogP contribution < -0.4 is -0.342 Å². The van der Waals surface area contributed by atoms with Gasteiger partial charge in [0, 0.05) is 0 Å². The molecule has 196 valence electrons. The molecule has 35 heavy (non-hydrogen) atoms. The van der Waals surface area contributed by atoms with Crippen LogP contribution >= 0.6 is 0 Å². The van der Waals surface area contributed by atoms with Crippen molar-refractivity contribution in [3.05, 3.63) is 29.8 Å². The van der Waals surface area contributed by atoms with Gasteiger partial charge in [0.2, 0.25) is 0 Å². The van der Waals surface area contributed by atoms with E-state index in [0.717, 1.165) is 49.0 Å². The Hall–Kier alpha value is -0.294. The first-order valence-corrected chi connectivity index (χ1v) is 16.1. The van der Waals surface area contributed by atoms with Crippen LogP contribution in [0.15, 0.2) is 24.3 Å². The molecule has 1 rings (SSSR count). The number of hydrogen-bond donors (Lipinski definition) is 3. The zero-order valence-corrected chi connectivity index (χ0v) is 25.5. The zero-order chi connectivity index (χ0) is 26.5. The molecule has 7 nitrogen and oxygen atoms in total. The van der Waals surface area contributed by atoms with Gasteiger partial charge in [-0.05, 0) is 0 Å². The fourth-order valence-corrected chi connectivity index (χ4v) is 5.44. The first-order valence-electron chi connectivity index (χ1n) is 13.0. The van der Waals surface area contributed by atoms with Gasteiger partial charge in [-0.1, -0.05) is 39.0 Å². The van der Waals surface area contributed by atoms with Crippen molar-refractivity contribution < 1.29 is 32.8 Å². The normalized spacial score (nSPS) is 12.0. The van der Waals surface area contributed by atoms with Crippen LogP contribution in [0, 0.1) is 0 Å². The summed E-state index contributed by atoms with van der Waals surface area (Å²) in [5, 5.41) is 13.9. The molecular weight excluding hydrogens is 495 g/mol. The van der Waals surface area contributed by atoms with Crippen molar-refractivity contribution in [1.82, 2.24) is 0 Å². The van der Waals surface area contributed by atoms with E-state index in [2.05, 4.69) is 31.2 Å². The van der Waals surface area contributed by atoms with Crippen LogP contribution in [-0.2, 0) is 26.1 Å². The predicted molar refractivity (Wildman–Crippen MR) is 141 cm³/mol. The molecule has 1 aromatic carbocycles. The SMILES string of the molecule is CCCCCCCCCCCCCCCCc1cccc[c]1[K].O=C(O)CC(C(=O)O)S(=O)(=O)O. The van der Waals surface area contributed by atoms with Gasteiger partial charge in [-0.2, -0.15) is 8.42 Å². The molecule has 0 saturated heterocycles. The van der Waals surface area contributed by atoms with Crippen molar-refractivity contribution in [3.8, 4) is 0 Å². The minimum absolute atomic E-state index is 0.833. The monoisotopic (exact) mass is 538 g/mol. The Kier molecular flexibility index (Phi) is 21.6. The number of unbranched alkanes of at least 4 members (excludes halogenated alkanes) is 13. The van der Waals surface area contributed by atoms with E-state index in [1.165, 1.54) is 96.3 Å². The van der Waals surface area contributed by atoms with Gasteiger partial charge in [0.05, 0.1) is 6.42 Å². The number of aryl methyl sites for hydroxylation is 1. The number of rotatable bonds is 19. The van der Waals surface area contributed by atoms with E-state index < -0.39 is 33.7 Å². The fourth-order valence-electron chi connectivity index (χ4n) is 3.88. The Labute approximate surface area is 245 Å². The van der Waals surface area contributed by atoms with Gasteiger partial charge < -0.3 is 10.2 Å². The van der Waals surface area contributed by atoms with Crippen molar-refractivity contribution in [2.45, 2.75) is 115 Å². The maximum atomic E-state index is 10.2. The van der Waals surface area contributed by atoms with Gasteiger partial charge in [0.15, 0.2) is 5.25 Å². The predicted octanol–water partition coefficient (Wildman–Crippen LogP) is 5.31. The van der Waals surface area contributed by atoms with Crippen LogP contribution in [0.4, 0.5) is 0 Å². The molecule has 0 saturated carbocycles. The quantitative estimate of drug-likeness (QED) is 0.124. The number of carbonyl (C=O) groups is 2. The number of carboxylic acids is 2. The summed E-state index contributed by atoms with van der Waals surface area (Å²) in [5.74, 6) is -3.50. The molecule has 0 radical (unpaired) electrons. The average Bonchev–Trinajstić information content (AvgIpc) is 2.78. The third kappa shape index (κ3) is 20.4. The summed E-state index contributed by atoms with van der Waals surface area (Å²) < 4.78 is 30.3. The van der Waals surface area contributed by atoms with Crippen LogP contribution in [-0.4, -0.2) is 89.3 Å². The molecule has 3 N–H and O–H groups in total. The summed E-state index contributed by atoms with van der Waals surface area (Å²) >= 11 is 0.833. The molecule has 9 heteroatoms. The second kappa shape index (κ2) is 21.8. The zero-order valence-electron chi connectivity index (χ0n) is 21.6. The largest absolute Gasteiger partial charge is 0.481 e. The van der Waals surface area contributed by atoms with Crippen molar-refractivity contribution >= 4 is 70.7 Å². The number of benzene rings is 1. The Morgan fingerprint density at radius 1 is 0.800 bits per heavy atom. The molecule has 0 aliphatic heterocycles. The molecule has 0 aliphatic carbocycles. The maximum absolute atomic E-state index is 10.2. The van der Waals surface area contributed by atoms with Crippen LogP contribution in [0.25, 0.3) is 0 Å². The molecule has 1 atom stereocenters. The van der Waals surface area contributed by atoms with Gasteiger partial charge in [0.25, 0.3) is 10.1 Å². The molecule has 0 aliphatic rings. The topological polar surface area (TPSA) is 129 Å². The van der Waals surface area contributed by atoms with Crippen molar-refractivity contribution in [2.24, 2.45) is 0 Å². The first kappa shape index (κ1) is 34.7. The Morgan fingerprint density at radius 3 is 1.57 bits per heavy atom. The van der Waals surface area contributed by atoms with Gasteiger partial charge in [-0.25, -0.2) is 0 Å². The Balaban J connectivity index is 0.000000814. The summed E-state index contributed by atoms with van der Waals surface area (Å²) in [6.45, 7) is 2.30. The van der Waals surface area contributed by atoms with E-state index >= 15 is 0 Å². The maximum Gasteiger partial charge on any atom is 0.325 e. The summed E-state index contributed by atoms with van der Waals surface area (Å²) in [6, 6.07) is 9.05. The first-order chi connectivity index (χ1) is 16.6. The molecule has 0 amide bonds. The number of hydrogen-bond acceptors (Lipinski definition) is 4. The number of aliphatic carboxylic acids is 2. The minimum atomic E-state index is -4.84. The number of carboxylic acid groups (broad SMARTS) is 2. The third-order valence-corrected chi connectivity index (χ3v) is 8.67. The molecule has 0 bridgehead atoms. The second-order valence-corrected chi connectivity index (χ2v) is 12.5. The Bertz CT molecular complexity index is 812. The van der Waals surface area contributed by atoms with Gasteiger partial charge in [-0.3, -0.25) is 14.1 Å². The summed E-state index contributed by atoms with van der Waals surface area (Å²) in [7, 11) is -4.84. The van der Waals surface area contributed by atoms with E-state index in [1.54, 1.807) is 5.22 Å². The molecule has 0 aromatic heterocycles. The molecule has 1 unspecified atom stereocenters. The Morgan fingerprint density at radius 2 is 1.23 bits per heavy atom. The molecular formula is C26H43KO7S. The standard InChI is InChI=1S/C22H37.C4H6O7S.K/c1-2-3-4-5-6-7-8-9-10-11-12-13-14-16-19-22-20-17-15-18-21-22;5-3(6)1-2(4(7)8)12(9,10)11;/h15,17-18,20H,2-14,16,19H2,1H3;2H,1H2,(H,5,6)(H,7,8)(H,9,10,11);. The molecule has 1 aromatic rings. The van der Waals surface area contributed by atoms with Crippen molar-refractivity contribution in [3.63, 3.8) is 0 Å².